The Bertz CT molecular complexity index is 667. The number of nitrogens with zero attached hydrogens (tertiary/aromatic N) is 2. The van der Waals surface area contributed by atoms with Crippen LogP contribution in [0.25, 0.3) is 11.3 Å². The summed E-state index contributed by atoms with van der Waals surface area (Å²) in [7, 11) is 0. The van der Waals surface area contributed by atoms with Gasteiger partial charge in [-0.1, -0.05) is 23.7 Å². The third-order valence-corrected chi connectivity index (χ3v) is 4.38. The topological polar surface area (TPSA) is 75.0 Å². The highest BCUT2D eigenvalue weighted by atomic mass is 35.5. The van der Waals surface area contributed by atoms with Crippen LogP contribution >= 0.6 is 11.6 Å². The van der Waals surface area contributed by atoms with Gasteiger partial charge in [-0.15, -0.1) is 0 Å². The molecule has 1 aliphatic rings. The van der Waals surface area contributed by atoms with Crippen LogP contribution in [-0.2, 0) is 0 Å². The molecule has 2 heterocycles. The van der Waals surface area contributed by atoms with E-state index >= 15 is 0 Å². The normalized spacial score (nSPS) is 21.9. The fraction of sp³-hybridized carbons (Fsp3) is 0.375. The number of aromatic amines is 1. The van der Waals surface area contributed by atoms with Gasteiger partial charge in [0.05, 0.1) is 5.69 Å². The summed E-state index contributed by atoms with van der Waals surface area (Å²) in [6, 6.07) is 9.50. The highest BCUT2D eigenvalue weighted by Gasteiger charge is 2.28. The third kappa shape index (κ3) is 3.00. The van der Waals surface area contributed by atoms with E-state index in [1.807, 2.05) is 24.0 Å². The van der Waals surface area contributed by atoms with E-state index in [4.69, 9.17) is 17.3 Å². The van der Waals surface area contributed by atoms with Gasteiger partial charge >= 0.3 is 0 Å². The maximum Gasteiger partial charge on any atom is 0.272 e. The summed E-state index contributed by atoms with van der Waals surface area (Å²) in [6.45, 7) is 2.73. The monoisotopic (exact) mass is 318 g/mol. The number of likely N-dealkylation sites (tertiary alicyclic amines) is 1. The van der Waals surface area contributed by atoms with Crippen molar-refractivity contribution in [2.75, 3.05) is 6.54 Å². The molecule has 0 spiro atoms. The minimum Gasteiger partial charge on any atom is -0.335 e. The maximum atomic E-state index is 12.6. The van der Waals surface area contributed by atoms with Crippen LogP contribution in [0.4, 0.5) is 0 Å². The molecule has 3 rings (SSSR count). The van der Waals surface area contributed by atoms with Crippen molar-refractivity contribution in [3.8, 4) is 11.3 Å². The quantitative estimate of drug-likeness (QED) is 0.894. The van der Waals surface area contributed by atoms with Crippen LogP contribution in [0, 0.1) is 0 Å². The number of piperidine rings is 1. The summed E-state index contributed by atoms with van der Waals surface area (Å²) in [4.78, 5) is 14.5. The van der Waals surface area contributed by atoms with Gasteiger partial charge in [0.2, 0.25) is 0 Å². The minimum atomic E-state index is -0.0212. The first-order valence-electron chi connectivity index (χ1n) is 7.42. The Kier molecular flexibility index (Phi) is 4.18. The second kappa shape index (κ2) is 6.10. The number of halogens is 1. The molecule has 5 nitrogen and oxygen atoms in total. The van der Waals surface area contributed by atoms with Crippen molar-refractivity contribution in [2.45, 2.75) is 31.8 Å². The Balaban J connectivity index is 1.78. The van der Waals surface area contributed by atoms with Crippen LogP contribution < -0.4 is 5.73 Å². The first-order valence-corrected chi connectivity index (χ1v) is 7.80. The molecule has 1 amide bonds. The van der Waals surface area contributed by atoms with Crippen molar-refractivity contribution >= 4 is 17.5 Å². The van der Waals surface area contributed by atoms with Crippen molar-refractivity contribution in [3.05, 3.63) is 41.0 Å². The average molecular weight is 319 g/mol. The lowest BCUT2D eigenvalue weighted by Gasteiger charge is -2.36. The Hall–Kier alpha value is -1.85. The Morgan fingerprint density at radius 2 is 2.14 bits per heavy atom. The lowest BCUT2D eigenvalue weighted by atomic mass is 9.99. The van der Waals surface area contributed by atoms with Gasteiger partial charge in [-0.25, -0.2) is 0 Å². The molecular formula is C16H19ClN4O. The van der Waals surface area contributed by atoms with Crippen molar-refractivity contribution < 1.29 is 4.79 Å². The predicted octanol–water partition coefficient (Wildman–Crippen LogP) is 2.68. The van der Waals surface area contributed by atoms with Gasteiger partial charge < -0.3 is 10.6 Å². The first-order chi connectivity index (χ1) is 10.5. The number of carbonyl (C=O) groups is 1. The molecular weight excluding hydrogens is 300 g/mol. The second-order valence-corrected chi connectivity index (χ2v) is 6.24. The van der Waals surface area contributed by atoms with Crippen LogP contribution in [0.5, 0.6) is 0 Å². The minimum absolute atomic E-state index is 0.0212. The van der Waals surface area contributed by atoms with Crippen LogP contribution in [0.15, 0.2) is 30.3 Å². The summed E-state index contributed by atoms with van der Waals surface area (Å²) >= 11 is 5.88. The second-order valence-electron chi connectivity index (χ2n) is 5.81. The van der Waals surface area contributed by atoms with Crippen LogP contribution in [-0.4, -0.2) is 39.6 Å². The Labute approximate surface area is 134 Å². The van der Waals surface area contributed by atoms with Gasteiger partial charge in [-0.05, 0) is 38.0 Å². The lowest BCUT2D eigenvalue weighted by molar-refractivity contribution is 0.0613. The van der Waals surface area contributed by atoms with Gasteiger partial charge in [0.25, 0.3) is 5.91 Å². The molecule has 0 radical (unpaired) electrons. The van der Waals surface area contributed by atoms with Crippen LogP contribution in [0.1, 0.15) is 30.3 Å². The molecule has 0 saturated carbocycles. The van der Waals surface area contributed by atoms with Crippen molar-refractivity contribution in [1.82, 2.24) is 15.1 Å². The fourth-order valence-corrected chi connectivity index (χ4v) is 2.99. The van der Waals surface area contributed by atoms with E-state index in [-0.39, 0.29) is 18.0 Å². The molecule has 2 atom stereocenters. The number of hydrogen-bond donors (Lipinski definition) is 2. The Morgan fingerprint density at radius 1 is 1.41 bits per heavy atom. The van der Waals surface area contributed by atoms with Crippen LogP contribution in [0.2, 0.25) is 5.02 Å². The number of hydrogen-bond acceptors (Lipinski definition) is 3. The molecule has 116 valence electrons. The summed E-state index contributed by atoms with van der Waals surface area (Å²) in [5, 5.41) is 7.75. The molecule has 1 aromatic carbocycles. The average Bonchev–Trinajstić information content (AvgIpc) is 2.97. The van der Waals surface area contributed by atoms with Crippen molar-refractivity contribution in [2.24, 2.45) is 5.73 Å². The summed E-state index contributed by atoms with van der Waals surface area (Å²) in [6.07, 6.45) is 1.68. The molecule has 0 unspecified atom stereocenters. The number of nitrogens with one attached hydrogen (secondary N) is 1. The number of H-pyrrole nitrogens is 1. The zero-order chi connectivity index (χ0) is 15.7. The number of rotatable bonds is 2. The maximum absolute atomic E-state index is 12.6. The number of nitrogens with two attached hydrogens (primary N) is 1. The lowest BCUT2D eigenvalue weighted by Crippen LogP contribution is -2.48. The van der Waals surface area contributed by atoms with E-state index in [1.54, 1.807) is 18.2 Å². The molecule has 0 aliphatic carbocycles. The van der Waals surface area contributed by atoms with Gasteiger partial charge in [0.1, 0.15) is 5.69 Å². The summed E-state index contributed by atoms with van der Waals surface area (Å²) in [5.41, 5.74) is 8.12. The Morgan fingerprint density at radius 3 is 2.82 bits per heavy atom. The zero-order valence-corrected chi connectivity index (χ0v) is 13.2. The predicted molar refractivity (Wildman–Crippen MR) is 86.7 cm³/mol. The molecule has 1 fully saturated rings. The van der Waals surface area contributed by atoms with E-state index in [9.17, 15) is 4.79 Å². The molecule has 2 aromatic rings. The standard InChI is InChI=1S/C16H19ClN4O/c1-10-8-13(18)6-7-21(10)16(22)15-9-14(19-20-15)11-2-4-12(17)5-3-11/h2-5,9-10,13H,6-8,18H2,1H3,(H,19,20)/t10-,13-/m0/s1. The molecule has 6 heteroatoms. The largest absolute Gasteiger partial charge is 0.335 e. The molecule has 3 N–H and O–H groups in total. The molecule has 1 aliphatic heterocycles. The van der Waals surface area contributed by atoms with E-state index in [0.717, 1.165) is 24.1 Å². The summed E-state index contributed by atoms with van der Waals surface area (Å²) < 4.78 is 0. The van der Waals surface area contributed by atoms with Gasteiger partial charge in [0.15, 0.2) is 0 Å². The van der Waals surface area contributed by atoms with E-state index < -0.39 is 0 Å². The molecule has 1 aromatic heterocycles. The SMILES string of the molecule is C[C@H]1C[C@@H](N)CCN1C(=O)c1cc(-c2ccc(Cl)cc2)n[nH]1. The van der Waals surface area contributed by atoms with E-state index in [0.29, 0.717) is 17.3 Å². The van der Waals surface area contributed by atoms with E-state index in [2.05, 4.69) is 10.2 Å². The smallest absolute Gasteiger partial charge is 0.272 e. The number of carbonyl (C=O) groups excluding carboxylic acids is 1. The number of amides is 1. The third-order valence-electron chi connectivity index (χ3n) is 4.13. The van der Waals surface area contributed by atoms with E-state index in [1.165, 1.54) is 0 Å². The molecule has 22 heavy (non-hydrogen) atoms. The summed E-state index contributed by atoms with van der Waals surface area (Å²) in [5.74, 6) is -0.0212. The molecule has 1 saturated heterocycles. The number of benzene rings is 1. The highest BCUT2D eigenvalue weighted by Crippen LogP contribution is 2.22. The van der Waals surface area contributed by atoms with Gasteiger partial charge in [0, 0.05) is 29.2 Å². The van der Waals surface area contributed by atoms with Crippen molar-refractivity contribution in [3.63, 3.8) is 0 Å². The zero-order valence-electron chi connectivity index (χ0n) is 12.4. The van der Waals surface area contributed by atoms with Gasteiger partial charge in [-0.2, -0.15) is 5.10 Å². The first kappa shape index (κ1) is 15.1. The van der Waals surface area contributed by atoms with Crippen LogP contribution in [0.3, 0.4) is 0 Å². The number of aromatic nitrogens is 2. The fourth-order valence-electron chi connectivity index (χ4n) is 2.86. The van der Waals surface area contributed by atoms with Gasteiger partial charge in [-0.3, -0.25) is 9.89 Å². The molecule has 0 bridgehead atoms. The highest BCUT2D eigenvalue weighted by molar-refractivity contribution is 6.30. The van der Waals surface area contributed by atoms with Crippen molar-refractivity contribution in [1.29, 1.82) is 0 Å².